The first-order valence-electron chi connectivity index (χ1n) is 12.9. The summed E-state index contributed by atoms with van der Waals surface area (Å²) in [6.45, 7) is 3.34. The molecule has 0 radical (unpaired) electrons. The van der Waals surface area contributed by atoms with Crippen LogP contribution in [0.4, 0.5) is 11.4 Å². The van der Waals surface area contributed by atoms with Gasteiger partial charge < -0.3 is 15.3 Å². The average Bonchev–Trinajstić information content (AvgIpc) is 3.57. The van der Waals surface area contributed by atoms with Crippen molar-refractivity contribution in [2.75, 3.05) is 11.4 Å². The van der Waals surface area contributed by atoms with Gasteiger partial charge in [-0.15, -0.1) is 11.3 Å². The lowest BCUT2D eigenvalue weighted by Gasteiger charge is -2.27. The molecule has 7 nitrogen and oxygen atoms in total. The van der Waals surface area contributed by atoms with Crippen LogP contribution in [0.3, 0.4) is 0 Å². The number of carboxylic acids is 1. The van der Waals surface area contributed by atoms with Gasteiger partial charge in [0.05, 0.1) is 4.53 Å². The van der Waals surface area contributed by atoms with Crippen molar-refractivity contribution < 1.29 is 14.7 Å². The van der Waals surface area contributed by atoms with Gasteiger partial charge >= 0.3 is 5.97 Å². The third-order valence-electron chi connectivity index (χ3n) is 7.04. The van der Waals surface area contributed by atoms with Crippen LogP contribution >= 0.6 is 35.3 Å². The number of rotatable bonds is 7. The van der Waals surface area contributed by atoms with E-state index in [-0.39, 0.29) is 10.8 Å². The van der Waals surface area contributed by atoms with Gasteiger partial charge in [-0.1, -0.05) is 54.7 Å². The number of para-hydroxylation sites is 1. The number of nitrogens with one attached hydrogen (secondary N) is 1. The molecule has 2 atom stereocenters. The van der Waals surface area contributed by atoms with E-state index in [2.05, 4.69) is 46.6 Å². The van der Waals surface area contributed by atoms with Crippen LogP contribution < -0.4 is 25.0 Å². The summed E-state index contributed by atoms with van der Waals surface area (Å²) in [4.78, 5) is 40.6. The van der Waals surface area contributed by atoms with Gasteiger partial charge in [0.2, 0.25) is 0 Å². The Balaban J connectivity index is 1.65. The lowest BCUT2D eigenvalue weighted by molar-refractivity contribution is -0.137. The smallest absolute Gasteiger partial charge is 0.323 e. The Morgan fingerprint density at radius 3 is 2.67 bits per heavy atom. The van der Waals surface area contributed by atoms with Crippen LogP contribution in [0.1, 0.15) is 50.2 Å². The van der Waals surface area contributed by atoms with Crippen LogP contribution in [0, 0.1) is 0 Å². The number of carbonyl (C=O) groups is 2. The molecule has 5 rings (SSSR count). The highest BCUT2D eigenvalue weighted by Gasteiger charge is 2.42. The molecule has 0 bridgehead atoms. The van der Waals surface area contributed by atoms with Crippen molar-refractivity contribution in [3.63, 3.8) is 0 Å². The fourth-order valence-electron chi connectivity index (χ4n) is 5.58. The Hall–Kier alpha value is -3.21. The zero-order valence-electron chi connectivity index (χ0n) is 21.7. The number of carboxylic acid groups (broad SMARTS) is 1. The molecule has 2 N–H and O–H groups in total. The van der Waals surface area contributed by atoms with Crippen molar-refractivity contribution in [2.45, 2.75) is 51.6 Å². The zero-order chi connectivity index (χ0) is 27.7. The first-order valence-corrected chi connectivity index (χ1v) is 14.9. The maximum Gasteiger partial charge on any atom is 0.323 e. The number of carbonyl (C=O) groups excluding carboxylic acids is 1. The second-order valence-corrected chi connectivity index (χ2v) is 12.7. The van der Waals surface area contributed by atoms with E-state index in [4.69, 9.17) is 12.2 Å². The first-order chi connectivity index (χ1) is 18.8. The summed E-state index contributed by atoms with van der Waals surface area (Å²) in [5.74, 6) is -1.12. The molecule has 202 valence electrons. The summed E-state index contributed by atoms with van der Waals surface area (Å²) in [6, 6.07) is 17.1. The van der Waals surface area contributed by atoms with Crippen LogP contribution in [0.5, 0.6) is 0 Å². The highest BCUT2D eigenvalue weighted by molar-refractivity contribution is 8.29. The van der Waals surface area contributed by atoms with E-state index >= 15 is 0 Å². The number of anilines is 2. The molecule has 2 unspecified atom stereocenters. The molecule has 1 aliphatic heterocycles. The molecule has 3 aromatic rings. The number of benzene rings is 2. The van der Waals surface area contributed by atoms with Gasteiger partial charge in [-0.05, 0) is 68.2 Å². The second-order valence-electron chi connectivity index (χ2n) is 9.61. The third kappa shape index (κ3) is 5.46. The van der Waals surface area contributed by atoms with Crippen LogP contribution in [-0.2, 0) is 16.1 Å². The number of amides is 1. The van der Waals surface area contributed by atoms with Gasteiger partial charge in [-0.25, -0.2) is 0 Å². The molecule has 1 amide bonds. The fourth-order valence-corrected chi connectivity index (χ4v) is 7.77. The van der Waals surface area contributed by atoms with Crippen molar-refractivity contribution in [2.24, 2.45) is 0 Å². The molecule has 0 saturated heterocycles. The summed E-state index contributed by atoms with van der Waals surface area (Å²) in [5.41, 5.74) is 4.10. The number of fused-ring (bicyclic) bond motifs is 3. The highest BCUT2D eigenvalue weighted by Crippen LogP contribution is 2.52. The first kappa shape index (κ1) is 27.4. The molecule has 1 saturated carbocycles. The number of thiazole rings is 1. The van der Waals surface area contributed by atoms with Crippen molar-refractivity contribution in [3.05, 3.63) is 79.2 Å². The normalized spacial score (nSPS) is 19.0. The van der Waals surface area contributed by atoms with Crippen molar-refractivity contribution in [3.8, 4) is 0 Å². The largest absolute Gasteiger partial charge is 0.480 e. The monoisotopic (exact) mass is 579 g/mol. The molecule has 2 aliphatic rings. The third-order valence-corrected chi connectivity index (χ3v) is 9.42. The zero-order valence-corrected chi connectivity index (χ0v) is 24.1. The predicted molar refractivity (Wildman–Crippen MR) is 162 cm³/mol. The van der Waals surface area contributed by atoms with Crippen molar-refractivity contribution >= 4 is 73.7 Å². The molecule has 1 aromatic heterocycles. The lowest BCUT2D eigenvalue weighted by atomic mass is 9.96. The molecule has 10 heteroatoms. The summed E-state index contributed by atoms with van der Waals surface area (Å²) in [6.07, 6.45) is 5.24. The SMILES string of the molecule is CCNC(=O)/C(SC(C)=S)=c1\s/c(=C/c2ccc3c(c2)C2CCCC2N3c2ccccc2)c(=O)n1CC(=O)O. The fraction of sp³-hybridized carbons (Fsp3) is 0.310. The molecular formula is C29H29N3O4S3. The Morgan fingerprint density at radius 1 is 1.21 bits per heavy atom. The molecule has 2 aromatic carbocycles. The Labute approximate surface area is 239 Å². The number of aromatic nitrogens is 1. The minimum atomic E-state index is -1.16. The van der Waals surface area contributed by atoms with E-state index in [0.717, 1.165) is 46.1 Å². The van der Waals surface area contributed by atoms with Gasteiger partial charge in [0, 0.05) is 34.1 Å². The topological polar surface area (TPSA) is 91.6 Å². The number of thiocarbonyl (C=S) groups is 1. The summed E-state index contributed by atoms with van der Waals surface area (Å²) >= 11 is 7.42. The maximum absolute atomic E-state index is 13.4. The molecule has 1 aliphatic carbocycles. The second kappa shape index (κ2) is 11.5. The van der Waals surface area contributed by atoms with Gasteiger partial charge in [0.1, 0.15) is 16.1 Å². The standard InChI is InChI=1S/C29H29N3O4S3/c1-3-30-27(35)26(38-17(2)37)29-31(16-25(33)34)28(36)24(39-29)15-18-12-13-23-21(14-18)20-10-7-11-22(20)32(23)19-8-5-4-6-9-19/h4-6,8-9,12-15,20,22H,3,7,10-11,16H2,1-2H3,(H,30,35)(H,33,34)/b24-15+,29-26+. The van der Waals surface area contributed by atoms with Gasteiger partial charge in [0.25, 0.3) is 11.5 Å². The average molecular weight is 580 g/mol. The summed E-state index contributed by atoms with van der Waals surface area (Å²) in [5, 5.41) is 12.3. The molecule has 2 heterocycles. The molecule has 0 spiro atoms. The van der Waals surface area contributed by atoms with Crippen LogP contribution in [0.2, 0.25) is 0 Å². The van der Waals surface area contributed by atoms with Crippen LogP contribution in [0.15, 0.2) is 53.3 Å². The Kier molecular flexibility index (Phi) is 8.06. The maximum atomic E-state index is 13.4. The van der Waals surface area contributed by atoms with Gasteiger partial charge in [0.15, 0.2) is 0 Å². The van der Waals surface area contributed by atoms with E-state index in [1.54, 1.807) is 19.9 Å². The van der Waals surface area contributed by atoms with Crippen LogP contribution in [0.25, 0.3) is 11.0 Å². The summed E-state index contributed by atoms with van der Waals surface area (Å²) < 4.78 is 2.32. The number of hydrogen-bond acceptors (Lipinski definition) is 7. The number of aliphatic carboxylic acids is 1. The van der Waals surface area contributed by atoms with E-state index < -0.39 is 18.1 Å². The van der Waals surface area contributed by atoms with E-state index in [1.165, 1.54) is 23.4 Å². The van der Waals surface area contributed by atoms with Crippen molar-refractivity contribution in [1.82, 2.24) is 9.88 Å². The number of hydrogen-bond donors (Lipinski definition) is 2. The van der Waals surface area contributed by atoms with Crippen molar-refractivity contribution in [1.29, 1.82) is 0 Å². The Bertz CT molecular complexity index is 1630. The highest BCUT2D eigenvalue weighted by atomic mass is 32.2. The quantitative estimate of drug-likeness (QED) is 0.410. The molecular weight excluding hydrogens is 551 g/mol. The number of nitrogens with zero attached hydrogens (tertiary/aromatic N) is 2. The molecule has 39 heavy (non-hydrogen) atoms. The van der Waals surface area contributed by atoms with Crippen LogP contribution in [-0.4, -0.2) is 38.3 Å². The van der Waals surface area contributed by atoms with E-state index in [9.17, 15) is 19.5 Å². The minimum Gasteiger partial charge on any atom is -0.480 e. The predicted octanol–water partition coefficient (Wildman–Crippen LogP) is 3.94. The van der Waals surface area contributed by atoms with Gasteiger partial charge in [-0.3, -0.25) is 19.0 Å². The summed E-state index contributed by atoms with van der Waals surface area (Å²) in [7, 11) is 0. The van der Waals surface area contributed by atoms with E-state index in [0.29, 0.717) is 31.9 Å². The minimum absolute atomic E-state index is 0.230. The van der Waals surface area contributed by atoms with Gasteiger partial charge in [-0.2, -0.15) is 0 Å². The van der Waals surface area contributed by atoms with E-state index in [1.807, 2.05) is 12.1 Å². The Morgan fingerprint density at radius 2 is 1.97 bits per heavy atom. The molecule has 1 fully saturated rings. The number of thioether (sulfide) groups is 1. The lowest BCUT2D eigenvalue weighted by Crippen LogP contribution is -2.36.